The summed E-state index contributed by atoms with van der Waals surface area (Å²) < 4.78 is 14.9. The summed E-state index contributed by atoms with van der Waals surface area (Å²) in [6.07, 6.45) is 0. The molecule has 0 aromatic carbocycles. The van der Waals surface area contributed by atoms with Gasteiger partial charge in [-0.1, -0.05) is 0 Å². The number of ether oxygens (including phenoxy) is 2. The normalized spacial score (nSPS) is 19.2. The Morgan fingerprint density at radius 3 is 1.74 bits per heavy atom. The summed E-state index contributed by atoms with van der Waals surface area (Å²) in [5.41, 5.74) is 5.17. The van der Waals surface area contributed by atoms with Gasteiger partial charge in [0.1, 0.15) is 0 Å². The van der Waals surface area contributed by atoms with Crippen LogP contribution < -0.4 is 0 Å². The van der Waals surface area contributed by atoms with Gasteiger partial charge in [-0.25, -0.2) is 0 Å². The zero-order valence-electron chi connectivity index (χ0n) is 10.3. The van der Waals surface area contributed by atoms with Crippen molar-refractivity contribution in [2.24, 2.45) is 0 Å². The van der Waals surface area contributed by atoms with Crippen LogP contribution in [0.15, 0.2) is 0 Å². The lowest BCUT2D eigenvalue weighted by Gasteiger charge is -2.25. The highest BCUT2D eigenvalue weighted by molar-refractivity contribution is 14.1. The number of hydrogen-bond acceptors (Lipinski definition) is 4. The second-order valence-electron chi connectivity index (χ2n) is 4.72. The topological polar surface area (TPSA) is 18.5 Å². The van der Waals surface area contributed by atoms with Crippen molar-refractivity contribution in [2.75, 3.05) is 13.2 Å². The molecule has 2 aliphatic rings. The van der Waals surface area contributed by atoms with E-state index in [4.69, 9.17) is 9.47 Å². The summed E-state index contributed by atoms with van der Waals surface area (Å²) >= 11 is 8.57. The highest BCUT2D eigenvalue weighted by Gasteiger charge is 2.53. The van der Waals surface area contributed by atoms with Gasteiger partial charge in [-0.05, 0) is 70.2 Å². The molecule has 1 aliphatic carbocycles. The molecule has 19 heavy (non-hydrogen) atoms. The second-order valence-corrected chi connectivity index (χ2v) is 10.4. The zero-order chi connectivity index (χ0) is 13.4. The third-order valence-electron chi connectivity index (χ3n) is 3.74. The van der Waals surface area contributed by atoms with Crippen LogP contribution in [-0.2, 0) is 15.3 Å². The van der Waals surface area contributed by atoms with Gasteiger partial charge in [0.25, 0.3) is 0 Å². The van der Waals surface area contributed by atoms with Gasteiger partial charge >= 0.3 is 0 Å². The van der Waals surface area contributed by atoms with Crippen LogP contribution in [0.5, 0.6) is 0 Å². The van der Waals surface area contributed by atoms with Gasteiger partial charge in [0.05, 0.1) is 28.7 Å². The number of halogens is 2. The van der Waals surface area contributed by atoms with Gasteiger partial charge < -0.3 is 9.47 Å². The number of fused-ring (bicyclic) bond motifs is 5. The van der Waals surface area contributed by atoms with Gasteiger partial charge in [0.15, 0.2) is 0 Å². The van der Waals surface area contributed by atoms with Gasteiger partial charge in [0, 0.05) is 11.1 Å². The molecule has 6 heteroatoms. The maximum Gasteiger partial charge on any atom is 0.226 e. The van der Waals surface area contributed by atoms with E-state index in [0.717, 1.165) is 0 Å². The Morgan fingerprint density at radius 1 is 0.895 bits per heavy atom. The maximum atomic E-state index is 6.13. The lowest BCUT2D eigenvalue weighted by atomic mass is 10.0. The number of rotatable bonds is 0. The predicted octanol–water partition coefficient (Wildman–Crippen LogP) is 4.86. The van der Waals surface area contributed by atoms with Crippen LogP contribution in [0.2, 0.25) is 0 Å². The Bertz CT molecular complexity index is 642. The molecule has 0 atom stereocenters. The monoisotopic (exact) mass is 516 g/mol. The van der Waals surface area contributed by atoms with E-state index in [0.29, 0.717) is 13.2 Å². The average molecular weight is 516 g/mol. The van der Waals surface area contributed by atoms with Crippen LogP contribution in [0.4, 0.5) is 0 Å². The molecule has 2 nitrogen and oxygen atoms in total. The summed E-state index contributed by atoms with van der Waals surface area (Å²) in [4.78, 5) is 2.71. The van der Waals surface area contributed by atoms with E-state index in [9.17, 15) is 0 Å². The van der Waals surface area contributed by atoms with Gasteiger partial charge in [-0.15, -0.1) is 22.7 Å². The molecular formula is C13H10I2O2S2. The second kappa shape index (κ2) is 4.39. The number of hydrogen-bond donors (Lipinski definition) is 0. The lowest BCUT2D eigenvalue weighted by molar-refractivity contribution is -0.126. The molecule has 0 N–H and O–H groups in total. The first kappa shape index (κ1) is 13.4. The fraction of sp³-hybridized carbons (Fsp3) is 0.385. The van der Waals surface area contributed by atoms with Crippen LogP contribution in [0, 0.1) is 19.6 Å². The summed E-state index contributed by atoms with van der Waals surface area (Å²) in [5, 5.41) is 0. The van der Waals surface area contributed by atoms with E-state index in [1.54, 1.807) is 0 Å². The van der Waals surface area contributed by atoms with E-state index in [1.807, 2.05) is 22.7 Å². The lowest BCUT2D eigenvalue weighted by Crippen LogP contribution is -2.27. The molecule has 0 amide bonds. The Labute approximate surface area is 146 Å². The summed E-state index contributed by atoms with van der Waals surface area (Å²) in [6.45, 7) is 5.72. The predicted molar refractivity (Wildman–Crippen MR) is 95.2 cm³/mol. The van der Waals surface area contributed by atoms with Crippen molar-refractivity contribution < 1.29 is 9.47 Å². The van der Waals surface area contributed by atoms with E-state index < -0.39 is 5.79 Å². The Hall–Kier alpha value is 0.780. The quantitative estimate of drug-likeness (QED) is 0.466. The highest BCUT2D eigenvalue weighted by atomic mass is 127. The first-order chi connectivity index (χ1) is 9.06. The van der Waals surface area contributed by atoms with Crippen molar-refractivity contribution in [3.05, 3.63) is 28.0 Å². The first-order valence-electron chi connectivity index (χ1n) is 5.93. The molecule has 2 aromatic rings. The van der Waals surface area contributed by atoms with E-state index in [2.05, 4.69) is 59.0 Å². The van der Waals surface area contributed by atoms with Crippen molar-refractivity contribution in [3.63, 3.8) is 0 Å². The maximum absolute atomic E-state index is 6.13. The van der Waals surface area contributed by atoms with E-state index >= 15 is 0 Å². The van der Waals surface area contributed by atoms with Crippen molar-refractivity contribution in [2.45, 2.75) is 19.6 Å². The van der Waals surface area contributed by atoms with Crippen LogP contribution in [0.3, 0.4) is 0 Å². The molecule has 3 heterocycles. The average Bonchev–Trinajstić information content (AvgIpc) is 3.06. The molecule has 2 aromatic heterocycles. The van der Waals surface area contributed by atoms with Crippen LogP contribution in [-0.4, -0.2) is 13.2 Å². The number of thiophene rings is 2. The molecule has 0 unspecified atom stereocenters. The minimum absolute atomic E-state index is 0.612. The molecule has 100 valence electrons. The molecule has 1 fully saturated rings. The minimum Gasteiger partial charge on any atom is -0.340 e. The van der Waals surface area contributed by atoms with E-state index in [-0.39, 0.29) is 0 Å². The van der Waals surface area contributed by atoms with Gasteiger partial charge in [-0.3, -0.25) is 0 Å². The zero-order valence-corrected chi connectivity index (χ0v) is 16.3. The van der Waals surface area contributed by atoms with Gasteiger partial charge in [-0.2, -0.15) is 0 Å². The molecular weight excluding hydrogens is 506 g/mol. The van der Waals surface area contributed by atoms with Crippen molar-refractivity contribution in [1.82, 2.24) is 0 Å². The fourth-order valence-electron chi connectivity index (χ4n) is 2.91. The van der Waals surface area contributed by atoms with Crippen molar-refractivity contribution in [1.29, 1.82) is 0 Å². The van der Waals surface area contributed by atoms with Crippen LogP contribution in [0.25, 0.3) is 9.75 Å². The van der Waals surface area contributed by atoms with Gasteiger partial charge in [0.2, 0.25) is 5.79 Å². The molecule has 0 bridgehead atoms. The Kier molecular flexibility index (Phi) is 3.11. The third kappa shape index (κ3) is 1.58. The molecule has 1 aliphatic heterocycles. The summed E-state index contributed by atoms with van der Waals surface area (Å²) in [7, 11) is 0. The van der Waals surface area contributed by atoms with E-state index in [1.165, 1.54) is 37.8 Å². The molecule has 1 spiro atoms. The molecule has 1 saturated heterocycles. The largest absolute Gasteiger partial charge is 0.340 e. The SMILES string of the molecule is Cc1c(I)sc2c1C1(OCCO1)c1c-2sc(I)c1C. The standard InChI is InChI=1S/C13H10I2O2S2/c1-5-7-9(18-11(5)14)10-8(6(2)12(15)19-10)13(7)16-3-4-17-13/h3-4H2,1-2H3. The fourth-order valence-corrected chi connectivity index (χ4v) is 7.06. The van der Waals surface area contributed by atoms with Crippen molar-refractivity contribution >= 4 is 67.9 Å². The molecule has 4 rings (SSSR count). The van der Waals surface area contributed by atoms with Crippen molar-refractivity contribution in [3.8, 4) is 9.75 Å². The molecule has 0 saturated carbocycles. The first-order valence-corrected chi connectivity index (χ1v) is 9.72. The van der Waals surface area contributed by atoms with Crippen LogP contribution >= 0.6 is 67.9 Å². The summed E-state index contributed by atoms with van der Waals surface area (Å²) in [6, 6.07) is 0. The summed E-state index contributed by atoms with van der Waals surface area (Å²) in [5.74, 6) is -0.612. The third-order valence-corrected chi connectivity index (χ3v) is 9.00. The Balaban J connectivity index is 2.12. The molecule has 0 radical (unpaired) electrons. The minimum atomic E-state index is -0.612. The smallest absolute Gasteiger partial charge is 0.226 e. The Morgan fingerprint density at radius 2 is 1.32 bits per heavy atom. The highest BCUT2D eigenvalue weighted by Crippen LogP contribution is 2.60. The van der Waals surface area contributed by atoms with Crippen LogP contribution in [0.1, 0.15) is 22.3 Å².